The molecule has 0 unspecified atom stereocenters. The number of allylic oxidation sites excluding steroid dienone is 1. The van der Waals surface area contributed by atoms with Gasteiger partial charge in [-0.3, -0.25) is 14.4 Å². The summed E-state index contributed by atoms with van der Waals surface area (Å²) in [7, 11) is 0. The van der Waals surface area contributed by atoms with Crippen molar-refractivity contribution in [3.8, 4) is 0 Å². The first kappa shape index (κ1) is 18.9. The van der Waals surface area contributed by atoms with E-state index in [0.717, 1.165) is 12.0 Å². The zero-order valence-electron chi connectivity index (χ0n) is 15.6. The second kappa shape index (κ2) is 6.03. The summed E-state index contributed by atoms with van der Waals surface area (Å²) in [5.41, 5.74) is -1.35. The predicted octanol–water partition coefficient (Wildman–Crippen LogP) is 1.55. The molecule has 0 aromatic carbocycles. The average molecular weight is 399 g/mol. The Balaban J connectivity index is 1.85. The van der Waals surface area contributed by atoms with Crippen molar-refractivity contribution in [2.24, 2.45) is 10.8 Å². The zero-order chi connectivity index (χ0) is 19.6. The lowest BCUT2D eigenvalue weighted by Crippen LogP contribution is -2.66. The highest BCUT2D eigenvalue weighted by Crippen LogP contribution is 2.71. The first-order valence-corrected chi connectivity index (χ1v) is 9.64. The van der Waals surface area contributed by atoms with E-state index in [9.17, 15) is 14.4 Å². The minimum atomic E-state index is -1.05. The lowest BCUT2D eigenvalue weighted by molar-refractivity contribution is -0.232. The summed E-state index contributed by atoms with van der Waals surface area (Å²) in [5, 5.41) is 0. The lowest BCUT2D eigenvalue weighted by atomic mass is 9.51. The Hall–Kier alpha value is -1.44. The molecule has 4 rings (SSSR count). The minimum absolute atomic E-state index is 0.0628. The van der Waals surface area contributed by atoms with E-state index in [0.29, 0.717) is 13.0 Å². The van der Waals surface area contributed by atoms with Gasteiger partial charge in [-0.25, -0.2) is 0 Å². The van der Waals surface area contributed by atoms with Gasteiger partial charge in [0.05, 0.1) is 18.1 Å². The van der Waals surface area contributed by atoms with Crippen LogP contribution in [0.2, 0.25) is 0 Å². The number of hydrogen-bond donors (Lipinski definition) is 0. The molecule has 4 aliphatic rings. The van der Waals surface area contributed by atoms with E-state index in [1.807, 2.05) is 19.9 Å². The Bertz CT molecular complexity index is 742. The first-order valence-electron chi connectivity index (χ1n) is 9.11. The van der Waals surface area contributed by atoms with Crippen LogP contribution in [0.1, 0.15) is 33.6 Å². The van der Waals surface area contributed by atoms with Crippen LogP contribution in [0.25, 0.3) is 0 Å². The van der Waals surface area contributed by atoms with Gasteiger partial charge in [0.2, 0.25) is 5.78 Å². The van der Waals surface area contributed by atoms with Crippen molar-refractivity contribution in [1.29, 1.82) is 0 Å². The molecule has 148 valence electrons. The monoisotopic (exact) mass is 398 g/mol. The molecule has 2 aliphatic carbocycles. The van der Waals surface area contributed by atoms with Crippen LogP contribution in [0, 0.1) is 10.8 Å². The number of hydrogen-bond acceptors (Lipinski definition) is 7. The quantitative estimate of drug-likeness (QED) is 0.307. The second-order valence-corrected chi connectivity index (χ2v) is 8.44. The van der Waals surface area contributed by atoms with Gasteiger partial charge in [-0.15, -0.1) is 11.6 Å². The fourth-order valence-electron chi connectivity index (χ4n) is 5.34. The molecule has 0 N–H and O–H groups in total. The molecule has 0 aromatic heterocycles. The minimum Gasteiger partial charge on any atom is -0.465 e. The summed E-state index contributed by atoms with van der Waals surface area (Å²) in [4.78, 5) is 36.7. The van der Waals surface area contributed by atoms with Gasteiger partial charge >= 0.3 is 11.9 Å². The van der Waals surface area contributed by atoms with E-state index in [-0.39, 0.29) is 18.3 Å². The normalized spacial score (nSPS) is 44.5. The van der Waals surface area contributed by atoms with Crippen LogP contribution in [0.3, 0.4) is 0 Å². The highest BCUT2D eigenvalue weighted by molar-refractivity contribution is 6.26. The molecule has 2 bridgehead atoms. The summed E-state index contributed by atoms with van der Waals surface area (Å²) in [6.07, 6.45) is 1.09. The molecule has 6 atom stereocenters. The summed E-state index contributed by atoms with van der Waals surface area (Å²) >= 11 is 5.62. The lowest BCUT2D eigenvalue weighted by Gasteiger charge is -2.57. The standard InChI is InChI=1S/C19H23ClO7/c1-10-4-5-18(8-24-11(2)21)12(6-10)26-16-14(23)15(27-13(22)7-20)17(18,3)19(16)9-25-19/h6,12,15-16H,4-5,7-9H2,1-3H3/t12-,15-,16-,17-,18-,19+/m1/s1. The maximum absolute atomic E-state index is 13.2. The second-order valence-electron chi connectivity index (χ2n) is 8.17. The van der Waals surface area contributed by atoms with Gasteiger partial charge in [0.1, 0.15) is 18.1 Å². The number of carbonyl (C=O) groups excluding carboxylic acids is 3. The summed E-state index contributed by atoms with van der Waals surface area (Å²) in [6.45, 7) is 5.66. The number of alkyl halides is 1. The van der Waals surface area contributed by atoms with Crippen molar-refractivity contribution in [1.82, 2.24) is 0 Å². The van der Waals surface area contributed by atoms with Gasteiger partial charge in [0.25, 0.3) is 0 Å². The molecule has 0 amide bonds. The summed E-state index contributed by atoms with van der Waals surface area (Å²) < 4.78 is 23.0. The number of carbonyl (C=O) groups is 3. The number of halogens is 1. The molecule has 2 aliphatic heterocycles. The molecule has 2 heterocycles. The van der Waals surface area contributed by atoms with E-state index < -0.39 is 46.7 Å². The van der Waals surface area contributed by atoms with Crippen molar-refractivity contribution in [3.05, 3.63) is 11.6 Å². The molecule has 1 saturated carbocycles. The Labute approximate surface area is 162 Å². The Morgan fingerprint density at radius 1 is 1.41 bits per heavy atom. The number of Topliss-reactive ketones (excluding diaryl/α,β-unsaturated/α-hetero) is 1. The van der Waals surface area contributed by atoms with Crippen LogP contribution in [-0.4, -0.2) is 60.7 Å². The fourth-order valence-corrected chi connectivity index (χ4v) is 5.41. The van der Waals surface area contributed by atoms with Crippen LogP contribution in [0.15, 0.2) is 11.6 Å². The van der Waals surface area contributed by atoms with Crippen molar-refractivity contribution in [2.45, 2.75) is 57.5 Å². The van der Waals surface area contributed by atoms with Crippen LogP contribution in [-0.2, 0) is 33.3 Å². The highest BCUT2D eigenvalue weighted by Gasteiger charge is 2.86. The van der Waals surface area contributed by atoms with Crippen molar-refractivity contribution >= 4 is 29.3 Å². The van der Waals surface area contributed by atoms with Crippen molar-refractivity contribution in [3.63, 3.8) is 0 Å². The first-order chi connectivity index (χ1) is 12.7. The number of epoxide rings is 1. The number of rotatable bonds is 4. The molecular weight excluding hydrogens is 376 g/mol. The van der Waals surface area contributed by atoms with Gasteiger partial charge in [0, 0.05) is 12.3 Å². The molecule has 7 nitrogen and oxygen atoms in total. The van der Waals surface area contributed by atoms with Crippen molar-refractivity contribution in [2.75, 3.05) is 19.1 Å². The molecule has 0 aromatic rings. The average Bonchev–Trinajstić information content (AvgIpc) is 3.41. The number of esters is 2. The number of ketones is 1. The van der Waals surface area contributed by atoms with E-state index in [1.165, 1.54) is 6.92 Å². The van der Waals surface area contributed by atoms with E-state index >= 15 is 0 Å². The fraction of sp³-hybridized carbons (Fsp3) is 0.737. The van der Waals surface area contributed by atoms with Crippen LogP contribution in [0.4, 0.5) is 0 Å². The molecule has 1 spiro atoms. The van der Waals surface area contributed by atoms with Crippen LogP contribution >= 0.6 is 11.6 Å². The maximum atomic E-state index is 13.2. The van der Waals surface area contributed by atoms with E-state index in [2.05, 4.69) is 0 Å². The van der Waals surface area contributed by atoms with Gasteiger partial charge < -0.3 is 18.9 Å². The maximum Gasteiger partial charge on any atom is 0.321 e. The molecule has 3 fully saturated rings. The zero-order valence-corrected chi connectivity index (χ0v) is 16.3. The Morgan fingerprint density at radius 2 is 2.11 bits per heavy atom. The van der Waals surface area contributed by atoms with Gasteiger partial charge in [-0.1, -0.05) is 18.6 Å². The number of ether oxygens (including phenoxy) is 4. The van der Waals surface area contributed by atoms with E-state index in [1.54, 1.807) is 0 Å². The third-order valence-corrected chi connectivity index (χ3v) is 7.17. The largest absolute Gasteiger partial charge is 0.465 e. The van der Waals surface area contributed by atoms with E-state index in [4.69, 9.17) is 30.5 Å². The Kier molecular flexibility index (Phi) is 4.22. The Morgan fingerprint density at radius 3 is 2.70 bits per heavy atom. The van der Waals surface area contributed by atoms with Crippen molar-refractivity contribution < 1.29 is 33.3 Å². The topological polar surface area (TPSA) is 91.4 Å². The molecule has 27 heavy (non-hydrogen) atoms. The molecular formula is C19H23ClO7. The van der Waals surface area contributed by atoms with Gasteiger partial charge in [-0.2, -0.15) is 0 Å². The van der Waals surface area contributed by atoms with Gasteiger partial charge in [0.15, 0.2) is 12.2 Å². The summed E-state index contributed by atoms with van der Waals surface area (Å²) in [5.74, 6) is -1.74. The molecule has 0 radical (unpaired) electrons. The third kappa shape index (κ3) is 2.31. The smallest absolute Gasteiger partial charge is 0.321 e. The SMILES string of the molecule is CC(=O)OC[C@]12CCC(C)=C[C@H]1O[C@@H]1C(=O)[C@@H](OC(=O)CCl)[C@@]2(C)[C@]12CO2. The highest BCUT2D eigenvalue weighted by atomic mass is 35.5. The van der Waals surface area contributed by atoms with Crippen LogP contribution < -0.4 is 0 Å². The molecule has 8 heteroatoms. The number of fused-ring (bicyclic) bond motifs is 2. The predicted molar refractivity (Wildman–Crippen MR) is 93.1 cm³/mol. The third-order valence-electron chi connectivity index (χ3n) is 6.95. The van der Waals surface area contributed by atoms with Gasteiger partial charge in [-0.05, 0) is 19.8 Å². The van der Waals surface area contributed by atoms with Crippen LogP contribution in [0.5, 0.6) is 0 Å². The summed E-state index contributed by atoms with van der Waals surface area (Å²) in [6, 6.07) is 0. The molecule has 2 saturated heterocycles.